The van der Waals surface area contributed by atoms with Gasteiger partial charge < -0.3 is 5.32 Å². The maximum absolute atomic E-state index is 4.67. The lowest BCUT2D eigenvalue weighted by Crippen LogP contribution is -2.27. The SMILES string of the molecule is CCNC(c1cccc(Br)c1C)C1CCc2cccnc21. The van der Waals surface area contributed by atoms with Crippen LogP contribution in [0.2, 0.25) is 0 Å². The summed E-state index contributed by atoms with van der Waals surface area (Å²) in [6.45, 7) is 5.34. The summed E-state index contributed by atoms with van der Waals surface area (Å²) < 4.78 is 1.18. The lowest BCUT2D eigenvalue weighted by atomic mass is 9.88. The van der Waals surface area contributed by atoms with E-state index in [1.807, 2.05) is 12.3 Å². The van der Waals surface area contributed by atoms with Crippen molar-refractivity contribution in [1.82, 2.24) is 10.3 Å². The van der Waals surface area contributed by atoms with Gasteiger partial charge in [0, 0.05) is 28.3 Å². The maximum Gasteiger partial charge on any atom is 0.0485 e. The van der Waals surface area contributed by atoms with Crippen molar-refractivity contribution >= 4 is 15.9 Å². The summed E-state index contributed by atoms with van der Waals surface area (Å²) in [6.07, 6.45) is 4.24. The highest BCUT2D eigenvalue weighted by Gasteiger charge is 2.32. The van der Waals surface area contributed by atoms with Gasteiger partial charge in [0.25, 0.3) is 0 Å². The molecule has 3 heteroatoms. The zero-order valence-electron chi connectivity index (χ0n) is 12.6. The largest absolute Gasteiger partial charge is 0.310 e. The summed E-state index contributed by atoms with van der Waals surface area (Å²) in [6, 6.07) is 11.1. The number of likely N-dealkylation sites (N-methyl/N-ethyl adjacent to an activating group) is 1. The minimum absolute atomic E-state index is 0.337. The second-order valence-electron chi connectivity index (χ2n) is 5.68. The molecule has 3 rings (SSSR count). The van der Waals surface area contributed by atoms with Gasteiger partial charge in [-0.15, -0.1) is 0 Å². The van der Waals surface area contributed by atoms with E-state index in [4.69, 9.17) is 0 Å². The van der Waals surface area contributed by atoms with E-state index in [0.29, 0.717) is 12.0 Å². The van der Waals surface area contributed by atoms with Crippen LogP contribution in [0.4, 0.5) is 0 Å². The Kier molecular flexibility index (Phi) is 4.41. The van der Waals surface area contributed by atoms with Crippen molar-refractivity contribution in [3.05, 3.63) is 63.4 Å². The summed E-state index contributed by atoms with van der Waals surface area (Å²) in [5, 5.41) is 3.69. The molecule has 2 aromatic rings. The van der Waals surface area contributed by atoms with Crippen molar-refractivity contribution in [2.45, 2.75) is 38.6 Å². The minimum atomic E-state index is 0.337. The fraction of sp³-hybridized carbons (Fsp3) is 0.389. The number of hydrogen-bond acceptors (Lipinski definition) is 2. The third-order valence-electron chi connectivity index (χ3n) is 4.47. The highest BCUT2D eigenvalue weighted by molar-refractivity contribution is 9.10. The van der Waals surface area contributed by atoms with Crippen molar-refractivity contribution in [3.63, 3.8) is 0 Å². The molecule has 110 valence electrons. The third kappa shape index (κ3) is 2.77. The topological polar surface area (TPSA) is 24.9 Å². The Morgan fingerprint density at radius 2 is 2.19 bits per heavy atom. The molecule has 0 saturated carbocycles. The summed E-state index contributed by atoms with van der Waals surface area (Å²) >= 11 is 3.66. The predicted molar refractivity (Wildman–Crippen MR) is 90.6 cm³/mol. The molecule has 0 spiro atoms. The van der Waals surface area contributed by atoms with Crippen molar-refractivity contribution in [3.8, 4) is 0 Å². The molecule has 2 atom stereocenters. The fourth-order valence-electron chi connectivity index (χ4n) is 3.42. The van der Waals surface area contributed by atoms with E-state index in [9.17, 15) is 0 Å². The Labute approximate surface area is 135 Å². The zero-order chi connectivity index (χ0) is 14.8. The number of aromatic nitrogens is 1. The quantitative estimate of drug-likeness (QED) is 0.880. The van der Waals surface area contributed by atoms with E-state index in [-0.39, 0.29) is 0 Å². The molecule has 1 heterocycles. The van der Waals surface area contributed by atoms with Crippen LogP contribution in [0, 0.1) is 6.92 Å². The van der Waals surface area contributed by atoms with E-state index in [0.717, 1.165) is 13.0 Å². The summed E-state index contributed by atoms with van der Waals surface area (Å²) in [5.41, 5.74) is 5.41. The van der Waals surface area contributed by atoms with Crippen LogP contribution in [0.1, 0.15) is 47.7 Å². The second kappa shape index (κ2) is 6.29. The Hall–Kier alpha value is -1.19. The molecule has 1 aliphatic carbocycles. The predicted octanol–water partition coefficient (Wildman–Crippen LogP) is 4.53. The first kappa shape index (κ1) is 14.7. The van der Waals surface area contributed by atoms with Gasteiger partial charge in [0.2, 0.25) is 0 Å². The van der Waals surface area contributed by atoms with E-state index in [1.165, 1.54) is 33.3 Å². The number of fused-ring (bicyclic) bond motifs is 1. The van der Waals surface area contributed by atoms with E-state index in [1.54, 1.807) is 0 Å². The molecular formula is C18H21BrN2. The van der Waals surface area contributed by atoms with Gasteiger partial charge >= 0.3 is 0 Å². The van der Waals surface area contributed by atoms with Crippen LogP contribution in [0.3, 0.4) is 0 Å². The molecule has 1 aromatic heterocycles. The highest BCUT2D eigenvalue weighted by Crippen LogP contribution is 2.41. The van der Waals surface area contributed by atoms with Gasteiger partial charge in [0.15, 0.2) is 0 Å². The Bertz CT molecular complexity index is 639. The van der Waals surface area contributed by atoms with Crippen molar-refractivity contribution in [2.75, 3.05) is 6.54 Å². The number of hydrogen-bond donors (Lipinski definition) is 1. The van der Waals surface area contributed by atoms with Crippen LogP contribution in [-0.4, -0.2) is 11.5 Å². The molecule has 2 nitrogen and oxygen atoms in total. The normalized spacial score (nSPS) is 18.5. The average Bonchev–Trinajstić information content (AvgIpc) is 2.92. The molecule has 0 fully saturated rings. The van der Waals surface area contributed by atoms with Gasteiger partial charge in [-0.05, 0) is 55.1 Å². The molecule has 1 aliphatic rings. The van der Waals surface area contributed by atoms with Gasteiger partial charge in [0.1, 0.15) is 0 Å². The molecule has 0 radical (unpaired) electrons. The first-order valence-corrected chi connectivity index (χ1v) is 8.43. The molecular weight excluding hydrogens is 324 g/mol. The number of benzene rings is 1. The number of halogens is 1. The van der Waals surface area contributed by atoms with Crippen molar-refractivity contribution < 1.29 is 0 Å². The van der Waals surface area contributed by atoms with E-state index in [2.05, 4.69) is 64.3 Å². The molecule has 0 bridgehead atoms. The van der Waals surface area contributed by atoms with Gasteiger partial charge in [0.05, 0.1) is 0 Å². The lowest BCUT2D eigenvalue weighted by Gasteiger charge is -2.27. The van der Waals surface area contributed by atoms with Crippen LogP contribution < -0.4 is 5.32 Å². The summed E-state index contributed by atoms with van der Waals surface area (Å²) in [4.78, 5) is 4.67. The second-order valence-corrected chi connectivity index (χ2v) is 6.54. The lowest BCUT2D eigenvalue weighted by molar-refractivity contribution is 0.445. The van der Waals surface area contributed by atoms with Gasteiger partial charge in [-0.2, -0.15) is 0 Å². The van der Waals surface area contributed by atoms with Gasteiger partial charge in [-0.3, -0.25) is 4.98 Å². The molecule has 1 aromatic carbocycles. The Morgan fingerprint density at radius 1 is 1.33 bits per heavy atom. The first-order chi connectivity index (χ1) is 10.2. The Balaban J connectivity index is 2.02. The standard InChI is InChI=1S/C18H21BrN2/c1-3-20-18(14-7-4-8-16(19)12(14)2)15-10-9-13-6-5-11-21-17(13)15/h4-8,11,15,18,20H,3,9-10H2,1-2H3. The molecule has 2 unspecified atom stereocenters. The molecule has 0 saturated heterocycles. The number of nitrogens with one attached hydrogen (secondary N) is 1. The monoisotopic (exact) mass is 344 g/mol. The van der Waals surface area contributed by atoms with Crippen molar-refractivity contribution in [1.29, 1.82) is 0 Å². The van der Waals surface area contributed by atoms with Crippen LogP contribution >= 0.6 is 15.9 Å². The van der Waals surface area contributed by atoms with E-state index < -0.39 is 0 Å². The summed E-state index contributed by atoms with van der Waals surface area (Å²) in [7, 11) is 0. The third-order valence-corrected chi connectivity index (χ3v) is 5.33. The van der Waals surface area contributed by atoms with Crippen LogP contribution in [0.5, 0.6) is 0 Å². The highest BCUT2D eigenvalue weighted by atomic mass is 79.9. The number of nitrogens with zero attached hydrogens (tertiary/aromatic N) is 1. The van der Waals surface area contributed by atoms with Gasteiger partial charge in [-0.25, -0.2) is 0 Å². The minimum Gasteiger partial charge on any atom is -0.310 e. The van der Waals surface area contributed by atoms with Crippen molar-refractivity contribution in [2.24, 2.45) is 0 Å². The molecule has 1 N–H and O–H groups in total. The molecule has 0 amide bonds. The van der Waals surface area contributed by atoms with Crippen LogP contribution in [-0.2, 0) is 6.42 Å². The number of rotatable bonds is 4. The fourth-order valence-corrected chi connectivity index (χ4v) is 3.80. The number of pyridine rings is 1. The molecule has 0 aliphatic heterocycles. The summed E-state index contributed by atoms with van der Waals surface area (Å²) in [5.74, 6) is 0.467. The van der Waals surface area contributed by atoms with Gasteiger partial charge in [-0.1, -0.05) is 41.1 Å². The van der Waals surface area contributed by atoms with Crippen LogP contribution in [0.15, 0.2) is 41.0 Å². The number of aryl methyl sites for hydroxylation is 1. The smallest absolute Gasteiger partial charge is 0.0485 e. The van der Waals surface area contributed by atoms with E-state index >= 15 is 0 Å². The average molecular weight is 345 g/mol. The molecule has 21 heavy (non-hydrogen) atoms. The maximum atomic E-state index is 4.67. The van der Waals surface area contributed by atoms with Crippen LogP contribution in [0.25, 0.3) is 0 Å². The zero-order valence-corrected chi connectivity index (χ0v) is 14.2. The first-order valence-electron chi connectivity index (χ1n) is 7.64. The Morgan fingerprint density at radius 3 is 3.00 bits per heavy atom.